The molecule has 0 aliphatic rings. The van der Waals surface area contributed by atoms with Crippen molar-refractivity contribution in [3.63, 3.8) is 0 Å². The molecule has 106 valence electrons. The highest BCUT2D eigenvalue weighted by Gasteiger charge is 2.13. The number of nitrogens with zero attached hydrogens (tertiary/aromatic N) is 3. The summed E-state index contributed by atoms with van der Waals surface area (Å²) in [7, 11) is 1.43. The Labute approximate surface area is 119 Å². The van der Waals surface area contributed by atoms with Crippen LogP contribution in [0, 0.1) is 0 Å². The molecule has 1 amide bonds. The Morgan fingerprint density at radius 3 is 2.95 bits per heavy atom. The van der Waals surface area contributed by atoms with E-state index in [9.17, 15) is 4.79 Å². The number of carbonyl (C=O) groups is 1. The fourth-order valence-corrected chi connectivity index (χ4v) is 2.09. The predicted molar refractivity (Wildman–Crippen MR) is 74.6 cm³/mol. The number of rotatable bonds is 4. The highest BCUT2D eigenvalue weighted by atomic mass is 17.2. The molecule has 0 aliphatic heterocycles. The molecule has 0 unspecified atom stereocenters. The number of aromatic nitrogens is 3. The lowest BCUT2D eigenvalue weighted by Crippen LogP contribution is -2.11. The number of hydrogen-bond donors (Lipinski definition) is 1. The van der Waals surface area contributed by atoms with Crippen molar-refractivity contribution in [2.45, 2.75) is 0 Å². The summed E-state index contributed by atoms with van der Waals surface area (Å²) in [6.45, 7) is 0. The number of hydrogen-bond acceptors (Lipinski definition) is 5. The normalized spacial score (nSPS) is 10.7. The van der Waals surface area contributed by atoms with Crippen LogP contribution < -0.4 is 10.6 Å². The maximum Gasteiger partial charge on any atom is 0.254 e. The lowest BCUT2D eigenvalue weighted by atomic mass is 10.1. The van der Waals surface area contributed by atoms with Gasteiger partial charge in [0.15, 0.2) is 11.4 Å². The number of amides is 1. The van der Waals surface area contributed by atoms with E-state index in [1.807, 2.05) is 12.1 Å². The summed E-state index contributed by atoms with van der Waals surface area (Å²) in [6.07, 6.45) is 3.01. The van der Waals surface area contributed by atoms with Crippen LogP contribution in [0.2, 0.25) is 0 Å². The lowest BCUT2D eigenvalue weighted by molar-refractivity contribution is -0.178. The zero-order chi connectivity index (χ0) is 14.8. The van der Waals surface area contributed by atoms with E-state index in [0.29, 0.717) is 11.4 Å². The van der Waals surface area contributed by atoms with E-state index >= 15 is 0 Å². The van der Waals surface area contributed by atoms with Gasteiger partial charge in [-0.3, -0.25) is 4.79 Å². The van der Waals surface area contributed by atoms with Crippen molar-refractivity contribution in [1.82, 2.24) is 14.6 Å². The molecule has 0 fully saturated rings. The second-order valence-corrected chi connectivity index (χ2v) is 4.27. The van der Waals surface area contributed by atoms with Gasteiger partial charge in [0.25, 0.3) is 5.91 Å². The van der Waals surface area contributed by atoms with Crippen LogP contribution in [0.1, 0.15) is 10.4 Å². The van der Waals surface area contributed by atoms with Crippen LogP contribution in [0.15, 0.2) is 42.7 Å². The SMILES string of the molecule is COOc1cccc(-c2ccnc3c(C(N)=O)cnn23)c1. The van der Waals surface area contributed by atoms with Gasteiger partial charge < -0.3 is 10.6 Å². The maximum atomic E-state index is 11.4. The molecule has 0 radical (unpaired) electrons. The number of nitrogens with two attached hydrogens (primary N) is 1. The molecular weight excluding hydrogens is 272 g/mol. The molecule has 0 spiro atoms. The number of fused-ring (bicyclic) bond motifs is 1. The molecule has 21 heavy (non-hydrogen) atoms. The molecule has 3 rings (SSSR count). The second kappa shape index (κ2) is 5.22. The van der Waals surface area contributed by atoms with Gasteiger partial charge in [0.1, 0.15) is 5.56 Å². The van der Waals surface area contributed by atoms with Crippen molar-refractivity contribution < 1.29 is 14.6 Å². The van der Waals surface area contributed by atoms with Crippen molar-refractivity contribution in [2.75, 3.05) is 7.11 Å². The first-order valence-corrected chi connectivity index (χ1v) is 6.14. The first-order valence-electron chi connectivity index (χ1n) is 6.14. The summed E-state index contributed by atoms with van der Waals surface area (Å²) in [6, 6.07) is 9.07. The van der Waals surface area contributed by atoms with Gasteiger partial charge in [-0.1, -0.05) is 12.1 Å². The van der Waals surface area contributed by atoms with Gasteiger partial charge in [0, 0.05) is 11.8 Å². The molecule has 0 aliphatic carbocycles. The Hall–Kier alpha value is -2.93. The molecule has 2 heterocycles. The molecule has 2 aromatic heterocycles. The fraction of sp³-hybridized carbons (Fsp3) is 0.0714. The Bertz CT molecular complexity index is 813. The summed E-state index contributed by atoms with van der Waals surface area (Å²) in [5, 5.41) is 4.17. The monoisotopic (exact) mass is 284 g/mol. The average molecular weight is 284 g/mol. The summed E-state index contributed by atoms with van der Waals surface area (Å²) >= 11 is 0. The van der Waals surface area contributed by atoms with Crippen LogP contribution in [0.4, 0.5) is 0 Å². The minimum Gasteiger partial charge on any atom is -0.365 e. The van der Waals surface area contributed by atoms with Crippen LogP contribution in [-0.2, 0) is 4.89 Å². The predicted octanol–water partition coefficient (Wildman–Crippen LogP) is 1.44. The van der Waals surface area contributed by atoms with Crippen LogP contribution >= 0.6 is 0 Å². The van der Waals surface area contributed by atoms with Gasteiger partial charge in [-0.25, -0.2) is 9.50 Å². The second-order valence-electron chi connectivity index (χ2n) is 4.27. The largest absolute Gasteiger partial charge is 0.365 e. The van der Waals surface area contributed by atoms with Crippen LogP contribution in [0.25, 0.3) is 16.9 Å². The molecule has 3 aromatic rings. The Morgan fingerprint density at radius 1 is 1.33 bits per heavy atom. The first kappa shape index (κ1) is 13.1. The topological polar surface area (TPSA) is 91.7 Å². The van der Waals surface area contributed by atoms with E-state index < -0.39 is 5.91 Å². The summed E-state index contributed by atoms with van der Waals surface area (Å²) in [5.41, 5.74) is 7.60. The molecule has 0 bridgehead atoms. The summed E-state index contributed by atoms with van der Waals surface area (Å²) in [4.78, 5) is 25.2. The lowest BCUT2D eigenvalue weighted by Gasteiger charge is -2.06. The van der Waals surface area contributed by atoms with Gasteiger partial charge in [0.2, 0.25) is 0 Å². The van der Waals surface area contributed by atoms with Crippen molar-refractivity contribution >= 4 is 11.6 Å². The molecule has 0 atom stereocenters. The molecule has 1 aromatic carbocycles. The van der Waals surface area contributed by atoms with Crippen LogP contribution in [-0.4, -0.2) is 27.6 Å². The van der Waals surface area contributed by atoms with Gasteiger partial charge in [0.05, 0.1) is 19.0 Å². The fourth-order valence-electron chi connectivity index (χ4n) is 2.09. The number of carbonyl (C=O) groups excluding carboxylic acids is 1. The number of benzene rings is 1. The van der Waals surface area contributed by atoms with E-state index in [0.717, 1.165) is 11.3 Å². The number of primary amides is 1. The molecular formula is C14H12N4O3. The zero-order valence-electron chi connectivity index (χ0n) is 11.2. The van der Waals surface area contributed by atoms with Gasteiger partial charge >= 0.3 is 0 Å². The zero-order valence-corrected chi connectivity index (χ0v) is 11.2. The van der Waals surface area contributed by atoms with Crippen LogP contribution in [0.3, 0.4) is 0 Å². The smallest absolute Gasteiger partial charge is 0.254 e. The van der Waals surface area contributed by atoms with Gasteiger partial charge in [-0.15, -0.1) is 0 Å². The Morgan fingerprint density at radius 2 is 2.19 bits per heavy atom. The summed E-state index contributed by atoms with van der Waals surface area (Å²) in [5.74, 6) is -0.00615. The highest BCUT2D eigenvalue weighted by molar-refractivity contribution is 5.98. The van der Waals surface area contributed by atoms with Crippen molar-refractivity contribution in [2.24, 2.45) is 5.73 Å². The molecule has 0 saturated heterocycles. The third kappa shape index (κ3) is 2.30. The van der Waals surface area contributed by atoms with Crippen molar-refractivity contribution in [3.05, 3.63) is 48.3 Å². The van der Waals surface area contributed by atoms with E-state index in [1.165, 1.54) is 13.3 Å². The third-order valence-corrected chi connectivity index (χ3v) is 2.98. The summed E-state index contributed by atoms with van der Waals surface area (Å²) < 4.78 is 1.56. The average Bonchev–Trinajstić information content (AvgIpc) is 2.92. The minimum absolute atomic E-state index is 0.279. The quantitative estimate of drug-likeness (QED) is 0.578. The molecule has 0 saturated carbocycles. The van der Waals surface area contributed by atoms with Crippen LogP contribution in [0.5, 0.6) is 5.75 Å². The molecule has 7 nitrogen and oxygen atoms in total. The molecule has 2 N–H and O–H groups in total. The Balaban J connectivity index is 2.16. The van der Waals surface area contributed by atoms with Gasteiger partial charge in [-0.2, -0.15) is 9.99 Å². The maximum absolute atomic E-state index is 11.4. The molecule has 7 heteroatoms. The standard InChI is InChI=1S/C14H12N4O3/c1-20-21-10-4-2-3-9(7-10)12-5-6-16-14-11(13(15)19)8-17-18(12)14/h2-8H,1H3,(H2,15,19). The van der Waals surface area contributed by atoms with E-state index in [-0.39, 0.29) is 5.56 Å². The van der Waals surface area contributed by atoms with Gasteiger partial charge in [-0.05, 0) is 18.2 Å². The third-order valence-electron chi connectivity index (χ3n) is 2.98. The van der Waals surface area contributed by atoms with E-state index in [1.54, 1.807) is 28.9 Å². The van der Waals surface area contributed by atoms with Crippen molar-refractivity contribution in [3.8, 4) is 17.0 Å². The Kier molecular flexibility index (Phi) is 3.25. The van der Waals surface area contributed by atoms with E-state index in [2.05, 4.69) is 15.0 Å². The highest BCUT2D eigenvalue weighted by Crippen LogP contribution is 2.24. The first-order chi connectivity index (χ1) is 10.2. The van der Waals surface area contributed by atoms with Crippen molar-refractivity contribution in [1.29, 1.82) is 0 Å². The van der Waals surface area contributed by atoms with E-state index in [4.69, 9.17) is 10.6 Å². The minimum atomic E-state index is -0.564.